The molecule has 30 heavy (non-hydrogen) atoms. The minimum absolute atomic E-state index is 0. The van der Waals surface area contributed by atoms with E-state index >= 15 is 0 Å². The first kappa shape index (κ1) is 22.0. The maximum Gasteiger partial charge on any atom is 0.0347 e. The average Bonchev–Trinajstić information content (AvgIpc) is 2.79. The van der Waals surface area contributed by atoms with Gasteiger partial charge < -0.3 is 0 Å². The summed E-state index contributed by atoms with van der Waals surface area (Å²) in [6, 6.07) is 21.9. The topological polar surface area (TPSA) is 25.8 Å². The van der Waals surface area contributed by atoms with E-state index in [0.29, 0.717) is 0 Å². The summed E-state index contributed by atoms with van der Waals surface area (Å²) in [7, 11) is 0. The van der Waals surface area contributed by atoms with E-state index < -0.39 is 0 Å². The second-order valence-corrected chi connectivity index (χ2v) is 7.39. The SMILES string of the molecule is Cl.Cl.c1cc2cnccc2cn1.c1ccc2c(c1)ccc1c3c(ccc12)CCCC3. The standard InChI is InChI=1S/C18H16.C8H6N2.2ClH/c1-3-7-15-13(5-1)9-11-18-16-8-4-2-6-14(16)10-12-17(15)18;1-3-9-6-8-2-4-10-5-7(1)8;;/h1,3,5,7,9-12H,2,4,6,8H2;1-6H;2*1H. The van der Waals surface area contributed by atoms with Crippen LogP contribution in [0.3, 0.4) is 0 Å². The predicted octanol–water partition coefficient (Wildman–Crippen LogP) is 7.35. The van der Waals surface area contributed by atoms with Gasteiger partial charge in [-0.05, 0) is 70.5 Å². The van der Waals surface area contributed by atoms with Gasteiger partial charge in [0.1, 0.15) is 0 Å². The Hall–Kier alpha value is -2.68. The van der Waals surface area contributed by atoms with Crippen LogP contribution >= 0.6 is 24.8 Å². The number of halogens is 2. The van der Waals surface area contributed by atoms with Crippen LogP contribution in [0.1, 0.15) is 24.0 Å². The second-order valence-electron chi connectivity index (χ2n) is 7.39. The molecular formula is C26H24Cl2N2. The van der Waals surface area contributed by atoms with Gasteiger partial charge >= 0.3 is 0 Å². The minimum atomic E-state index is 0. The molecule has 0 radical (unpaired) electrons. The monoisotopic (exact) mass is 434 g/mol. The molecule has 0 amide bonds. The highest BCUT2D eigenvalue weighted by Crippen LogP contribution is 2.33. The molecule has 1 aliphatic rings. The van der Waals surface area contributed by atoms with Gasteiger partial charge in [-0.2, -0.15) is 0 Å². The van der Waals surface area contributed by atoms with Crippen molar-refractivity contribution >= 4 is 57.1 Å². The molecule has 5 aromatic rings. The van der Waals surface area contributed by atoms with Crippen molar-refractivity contribution < 1.29 is 0 Å². The van der Waals surface area contributed by atoms with Crippen molar-refractivity contribution in [2.24, 2.45) is 0 Å². The molecule has 0 unspecified atom stereocenters. The zero-order chi connectivity index (χ0) is 18.8. The Labute approximate surface area is 189 Å². The van der Waals surface area contributed by atoms with Crippen LogP contribution in [0.5, 0.6) is 0 Å². The van der Waals surface area contributed by atoms with E-state index in [2.05, 4.69) is 58.5 Å². The van der Waals surface area contributed by atoms with Gasteiger partial charge in [0, 0.05) is 35.6 Å². The van der Waals surface area contributed by atoms with Gasteiger partial charge in [0.15, 0.2) is 0 Å². The van der Waals surface area contributed by atoms with E-state index in [9.17, 15) is 0 Å². The van der Waals surface area contributed by atoms with Gasteiger partial charge in [-0.1, -0.05) is 48.5 Å². The number of hydrogen-bond acceptors (Lipinski definition) is 2. The molecule has 0 spiro atoms. The summed E-state index contributed by atoms with van der Waals surface area (Å²) in [6.45, 7) is 0. The Balaban J connectivity index is 0.000000184. The molecule has 3 aromatic carbocycles. The number of hydrogen-bond donors (Lipinski definition) is 0. The molecule has 2 nitrogen and oxygen atoms in total. The molecule has 6 rings (SSSR count). The summed E-state index contributed by atoms with van der Waals surface area (Å²) in [5.74, 6) is 0. The summed E-state index contributed by atoms with van der Waals surface area (Å²) < 4.78 is 0. The Kier molecular flexibility index (Phi) is 7.25. The molecule has 0 saturated heterocycles. The minimum Gasteiger partial charge on any atom is -0.264 e. The van der Waals surface area contributed by atoms with Crippen LogP contribution in [0, 0.1) is 0 Å². The molecule has 4 heteroatoms. The molecule has 1 aliphatic carbocycles. The maximum absolute atomic E-state index is 3.99. The highest BCUT2D eigenvalue weighted by atomic mass is 35.5. The van der Waals surface area contributed by atoms with Gasteiger partial charge in [0.2, 0.25) is 0 Å². The van der Waals surface area contributed by atoms with Gasteiger partial charge in [-0.15, -0.1) is 24.8 Å². The smallest absolute Gasteiger partial charge is 0.0347 e. The van der Waals surface area contributed by atoms with E-state index in [-0.39, 0.29) is 24.8 Å². The van der Waals surface area contributed by atoms with E-state index in [1.165, 1.54) is 47.2 Å². The lowest BCUT2D eigenvalue weighted by molar-refractivity contribution is 0.690. The number of benzene rings is 3. The molecule has 0 atom stereocenters. The van der Waals surface area contributed by atoms with Gasteiger partial charge in [-0.3, -0.25) is 9.97 Å². The van der Waals surface area contributed by atoms with E-state index in [0.717, 1.165) is 10.8 Å². The summed E-state index contributed by atoms with van der Waals surface area (Å²) >= 11 is 0. The number of nitrogens with zero attached hydrogens (tertiary/aromatic N) is 2. The van der Waals surface area contributed by atoms with E-state index in [1.54, 1.807) is 23.5 Å². The number of fused-ring (bicyclic) bond motifs is 6. The fraction of sp³-hybridized carbons (Fsp3) is 0.154. The maximum atomic E-state index is 3.99. The lowest BCUT2D eigenvalue weighted by atomic mass is 9.86. The van der Waals surface area contributed by atoms with Gasteiger partial charge in [0.25, 0.3) is 0 Å². The van der Waals surface area contributed by atoms with Crippen LogP contribution < -0.4 is 0 Å². The zero-order valence-electron chi connectivity index (χ0n) is 16.6. The normalized spacial score (nSPS) is 12.3. The number of pyridine rings is 2. The van der Waals surface area contributed by atoms with Crippen molar-refractivity contribution in [2.45, 2.75) is 25.7 Å². The van der Waals surface area contributed by atoms with Crippen LogP contribution in [-0.4, -0.2) is 9.97 Å². The summed E-state index contributed by atoms with van der Waals surface area (Å²) in [5, 5.41) is 7.92. The fourth-order valence-electron chi connectivity index (χ4n) is 4.26. The number of aryl methyl sites for hydroxylation is 2. The van der Waals surface area contributed by atoms with Crippen molar-refractivity contribution in [1.29, 1.82) is 0 Å². The quantitative estimate of drug-likeness (QED) is 0.238. The molecule has 0 saturated carbocycles. The Morgan fingerprint density at radius 2 is 1.20 bits per heavy atom. The molecule has 0 N–H and O–H groups in total. The first-order chi connectivity index (χ1) is 13.9. The van der Waals surface area contributed by atoms with Crippen LogP contribution in [0.15, 0.2) is 85.5 Å². The van der Waals surface area contributed by atoms with Crippen LogP contribution in [0.4, 0.5) is 0 Å². The lowest BCUT2D eigenvalue weighted by Gasteiger charge is -2.18. The van der Waals surface area contributed by atoms with Crippen molar-refractivity contribution in [3.63, 3.8) is 0 Å². The molecular weight excluding hydrogens is 411 g/mol. The highest BCUT2D eigenvalue weighted by Gasteiger charge is 2.13. The third-order valence-corrected chi connectivity index (χ3v) is 5.70. The average molecular weight is 435 g/mol. The van der Waals surface area contributed by atoms with Crippen LogP contribution in [-0.2, 0) is 12.8 Å². The first-order valence-corrected chi connectivity index (χ1v) is 9.96. The van der Waals surface area contributed by atoms with Crippen LogP contribution in [0.25, 0.3) is 32.3 Å². The lowest BCUT2D eigenvalue weighted by Crippen LogP contribution is -2.02. The molecule has 2 heterocycles. The molecule has 0 bridgehead atoms. The number of rotatable bonds is 0. The van der Waals surface area contributed by atoms with E-state index in [1.807, 2.05) is 24.5 Å². The van der Waals surface area contributed by atoms with Crippen molar-refractivity contribution in [3.8, 4) is 0 Å². The summed E-state index contributed by atoms with van der Waals surface area (Å²) in [6.07, 6.45) is 12.4. The third kappa shape index (κ3) is 4.26. The van der Waals surface area contributed by atoms with Crippen molar-refractivity contribution in [2.75, 3.05) is 0 Å². The molecule has 2 aromatic heterocycles. The number of aromatic nitrogens is 2. The van der Waals surface area contributed by atoms with Gasteiger partial charge in [-0.25, -0.2) is 0 Å². The molecule has 0 aliphatic heterocycles. The Morgan fingerprint density at radius 1 is 0.533 bits per heavy atom. The third-order valence-electron chi connectivity index (χ3n) is 5.70. The molecule has 0 fully saturated rings. The van der Waals surface area contributed by atoms with Crippen LogP contribution in [0.2, 0.25) is 0 Å². The highest BCUT2D eigenvalue weighted by molar-refractivity contribution is 6.08. The van der Waals surface area contributed by atoms with Crippen molar-refractivity contribution in [1.82, 2.24) is 9.97 Å². The Bertz CT molecular complexity index is 1220. The summed E-state index contributed by atoms with van der Waals surface area (Å²) in [4.78, 5) is 7.97. The second kappa shape index (κ2) is 9.88. The predicted molar refractivity (Wildman–Crippen MR) is 132 cm³/mol. The Morgan fingerprint density at radius 3 is 1.97 bits per heavy atom. The van der Waals surface area contributed by atoms with Crippen molar-refractivity contribution in [3.05, 3.63) is 96.6 Å². The first-order valence-electron chi connectivity index (χ1n) is 9.96. The zero-order valence-corrected chi connectivity index (χ0v) is 18.3. The summed E-state index contributed by atoms with van der Waals surface area (Å²) in [5.41, 5.74) is 3.17. The van der Waals surface area contributed by atoms with Gasteiger partial charge in [0.05, 0.1) is 0 Å². The largest absolute Gasteiger partial charge is 0.264 e. The molecule has 152 valence electrons. The fourth-order valence-corrected chi connectivity index (χ4v) is 4.26. The van der Waals surface area contributed by atoms with E-state index in [4.69, 9.17) is 0 Å².